The summed E-state index contributed by atoms with van der Waals surface area (Å²) in [7, 11) is 0. The van der Waals surface area contributed by atoms with Crippen molar-refractivity contribution in [2.75, 3.05) is 0 Å². The van der Waals surface area contributed by atoms with Crippen molar-refractivity contribution in [2.45, 2.75) is 108 Å². The van der Waals surface area contributed by atoms with Gasteiger partial charge in [-0.25, -0.2) is 0 Å². The molecule has 2 aromatic carbocycles. The first kappa shape index (κ1) is 20.3. The predicted octanol–water partition coefficient (Wildman–Crippen LogP) is 7.05. The maximum atomic E-state index is 6.77. The Bertz CT molecular complexity index is 1030. The molecule has 2 unspecified atom stereocenters. The van der Waals surface area contributed by atoms with Gasteiger partial charge in [0.1, 0.15) is 0 Å². The van der Waals surface area contributed by atoms with Crippen LogP contribution in [0.3, 0.4) is 0 Å². The third-order valence-electron chi connectivity index (χ3n) is 8.72. The monoisotopic (exact) mass is 401 g/mol. The molecule has 0 spiro atoms. The number of hydrogen-bond acceptors (Lipinski definition) is 1. The fourth-order valence-corrected chi connectivity index (χ4v) is 7.51. The summed E-state index contributed by atoms with van der Waals surface area (Å²) in [6.45, 7) is 16.4. The minimum Gasteiger partial charge on any atom is -0.328 e. The summed E-state index contributed by atoms with van der Waals surface area (Å²) in [4.78, 5) is 0. The zero-order chi connectivity index (χ0) is 21.7. The third-order valence-corrected chi connectivity index (χ3v) is 8.72. The second-order valence-corrected chi connectivity index (χ2v) is 12.7. The van der Waals surface area contributed by atoms with E-state index in [9.17, 15) is 0 Å². The number of rotatable bonds is 0. The van der Waals surface area contributed by atoms with E-state index < -0.39 is 0 Å². The van der Waals surface area contributed by atoms with Gasteiger partial charge in [-0.2, -0.15) is 0 Å². The SMILES string of the molecule is Cc1cc2c(cc1C(C)(C)C)[C@]13CCCC1(CC(N)C3)c1cc(C(C)(C)C)ccc1-2. The standard InChI is InChI=1S/C29H39N/c1-18-13-22-21-10-9-19(26(2,3)4)14-24(21)28-11-8-12-29(28,17-20(30)16-28)25(22)15-23(18)27(5,6)7/h9-10,13-15,20H,8,11-12,16-17,30H2,1-7H3/t20?,28?,29-/m1/s1. The normalized spacial score (nSPS) is 29.9. The van der Waals surface area contributed by atoms with Gasteiger partial charge >= 0.3 is 0 Å². The van der Waals surface area contributed by atoms with Crippen LogP contribution in [0.2, 0.25) is 0 Å². The van der Waals surface area contributed by atoms with Crippen LogP contribution in [-0.2, 0) is 21.7 Å². The van der Waals surface area contributed by atoms with Crippen LogP contribution >= 0.6 is 0 Å². The van der Waals surface area contributed by atoms with Gasteiger partial charge in [0.25, 0.3) is 0 Å². The lowest BCUT2D eigenvalue weighted by Gasteiger charge is -2.48. The highest BCUT2D eigenvalue weighted by molar-refractivity contribution is 5.80. The molecule has 0 heterocycles. The Morgan fingerprint density at radius 3 is 1.97 bits per heavy atom. The van der Waals surface area contributed by atoms with Gasteiger partial charge in [0.2, 0.25) is 0 Å². The van der Waals surface area contributed by atoms with E-state index in [0.717, 1.165) is 12.8 Å². The molecule has 2 saturated carbocycles. The topological polar surface area (TPSA) is 26.0 Å². The van der Waals surface area contributed by atoms with Gasteiger partial charge in [0.15, 0.2) is 0 Å². The van der Waals surface area contributed by atoms with Crippen molar-refractivity contribution < 1.29 is 0 Å². The Hall–Kier alpha value is -1.60. The number of aryl methyl sites for hydroxylation is 1. The first-order valence-corrected chi connectivity index (χ1v) is 12.0. The molecule has 1 heteroatoms. The molecule has 2 fully saturated rings. The van der Waals surface area contributed by atoms with Crippen LogP contribution in [-0.4, -0.2) is 6.04 Å². The lowest BCUT2D eigenvalue weighted by molar-refractivity contribution is 0.298. The van der Waals surface area contributed by atoms with Crippen molar-refractivity contribution in [3.63, 3.8) is 0 Å². The highest BCUT2D eigenvalue weighted by Crippen LogP contribution is 2.69. The van der Waals surface area contributed by atoms with E-state index in [1.165, 1.54) is 47.1 Å². The molecule has 0 aromatic heterocycles. The van der Waals surface area contributed by atoms with Crippen LogP contribution < -0.4 is 5.73 Å². The molecule has 2 aromatic rings. The Labute approximate surface area is 183 Å². The first-order chi connectivity index (χ1) is 13.9. The van der Waals surface area contributed by atoms with Gasteiger partial charge in [-0.3, -0.25) is 0 Å². The van der Waals surface area contributed by atoms with Gasteiger partial charge in [-0.15, -0.1) is 0 Å². The molecule has 0 amide bonds. The Morgan fingerprint density at radius 2 is 1.40 bits per heavy atom. The molecule has 1 nitrogen and oxygen atoms in total. The molecular weight excluding hydrogens is 362 g/mol. The van der Waals surface area contributed by atoms with Gasteiger partial charge in [-0.05, 0) is 82.4 Å². The molecule has 0 saturated heterocycles. The van der Waals surface area contributed by atoms with E-state index in [1.807, 2.05) is 0 Å². The lowest BCUT2D eigenvalue weighted by atomic mass is 9.54. The smallest absolute Gasteiger partial charge is 0.00715 e. The maximum absolute atomic E-state index is 6.77. The summed E-state index contributed by atoms with van der Waals surface area (Å²) in [6.07, 6.45) is 6.20. The van der Waals surface area contributed by atoms with E-state index in [-0.39, 0.29) is 21.7 Å². The Kier molecular flexibility index (Phi) is 4.06. The van der Waals surface area contributed by atoms with Crippen molar-refractivity contribution in [2.24, 2.45) is 5.73 Å². The molecule has 0 bridgehead atoms. The van der Waals surface area contributed by atoms with Crippen molar-refractivity contribution in [1.29, 1.82) is 0 Å². The number of hydrogen-bond donors (Lipinski definition) is 1. The minimum absolute atomic E-state index is 0.161. The van der Waals surface area contributed by atoms with Gasteiger partial charge in [-0.1, -0.05) is 78.3 Å². The van der Waals surface area contributed by atoms with Gasteiger partial charge in [0.05, 0.1) is 0 Å². The summed E-state index contributed by atoms with van der Waals surface area (Å²) >= 11 is 0. The molecule has 5 rings (SSSR count). The summed E-state index contributed by atoms with van der Waals surface area (Å²) in [6, 6.07) is 12.8. The van der Waals surface area contributed by atoms with Crippen LogP contribution in [0.4, 0.5) is 0 Å². The zero-order valence-corrected chi connectivity index (χ0v) is 20.1. The van der Waals surface area contributed by atoms with E-state index in [4.69, 9.17) is 5.73 Å². The summed E-state index contributed by atoms with van der Waals surface area (Å²) in [5.41, 5.74) is 18.1. The number of fused-ring (bicyclic) bond motifs is 3. The fourth-order valence-electron chi connectivity index (χ4n) is 7.51. The van der Waals surface area contributed by atoms with Crippen LogP contribution in [0.25, 0.3) is 11.1 Å². The number of nitrogens with two attached hydrogens (primary N) is 1. The molecule has 160 valence electrons. The Balaban J connectivity index is 1.88. The maximum Gasteiger partial charge on any atom is 0.00715 e. The van der Waals surface area contributed by atoms with Crippen LogP contribution in [0.1, 0.15) is 101 Å². The van der Waals surface area contributed by atoms with E-state index >= 15 is 0 Å². The molecule has 3 aliphatic carbocycles. The zero-order valence-electron chi connectivity index (χ0n) is 20.1. The van der Waals surface area contributed by atoms with Crippen molar-refractivity contribution >= 4 is 0 Å². The molecule has 2 N–H and O–H groups in total. The molecule has 30 heavy (non-hydrogen) atoms. The summed E-state index contributed by atoms with van der Waals surface area (Å²) < 4.78 is 0. The average molecular weight is 402 g/mol. The van der Waals surface area contributed by atoms with Crippen molar-refractivity contribution in [1.82, 2.24) is 0 Å². The quantitative estimate of drug-likeness (QED) is 0.503. The van der Waals surface area contributed by atoms with E-state index in [2.05, 4.69) is 78.8 Å². The van der Waals surface area contributed by atoms with Gasteiger partial charge in [0, 0.05) is 16.9 Å². The van der Waals surface area contributed by atoms with Crippen LogP contribution in [0.5, 0.6) is 0 Å². The molecule has 3 aliphatic rings. The minimum atomic E-state index is 0.161. The van der Waals surface area contributed by atoms with Crippen LogP contribution in [0.15, 0.2) is 30.3 Å². The molecule has 0 aliphatic heterocycles. The van der Waals surface area contributed by atoms with Gasteiger partial charge < -0.3 is 5.73 Å². The highest BCUT2D eigenvalue weighted by Gasteiger charge is 2.64. The molecular formula is C29H39N. The van der Waals surface area contributed by atoms with Crippen molar-refractivity contribution in [3.05, 3.63) is 58.1 Å². The van der Waals surface area contributed by atoms with Crippen LogP contribution in [0, 0.1) is 6.92 Å². The second-order valence-electron chi connectivity index (χ2n) is 12.7. The number of benzene rings is 2. The second kappa shape index (κ2) is 6.00. The van der Waals surface area contributed by atoms with Crippen molar-refractivity contribution in [3.8, 4) is 11.1 Å². The molecule has 0 radical (unpaired) electrons. The first-order valence-electron chi connectivity index (χ1n) is 12.0. The fraction of sp³-hybridized carbons (Fsp3) is 0.586. The predicted molar refractivity (Wildman–Crippen MR) is 128 cm³/mol. The van der Waals surface area contributed by atoms with E-state index in [0.29, 0.717) is 6.04 Å². The third kappa shape index (κ3) is 2.51. The Morgan fingerprint density at radius 1 is 0.800 bits per heavy atom. The lowest BCUT2D eigenvalue weighted by Crippen LogP contribution is -2.44. The molecule has 3 atom stereocenters. The largest absolute Gasteiger partial charge is 0.328 e. The summed E-state index contributed by atoms with van der Waals surface area (Å²) in [5, 5.41) is 0. The average Bonchev–Trinajstić information content (AvgIpc) is 3.12. The van der Waals surface area contributed by atoms with E-state index in [1.54, 1.807) is 11.1 Å². The summed E-state index contributed by atoms with van der Waals surface area (Å²) in [5.74, 6) is 0. The highest BCUT2D eigenvalue weighted by atomic mass is 14.8.